The molecule has 0 saturated carbocycles. The first-order chi connectivity index (χ1) is 5.13. The maximum Gasteiger partial charge on any atom is 0.326 e. The zero-order chi connectivity index (χ0) is 8.43. The van der Waals surface area contributed by atoms with Crippen LogP contribution in [0.4, 0.5) is 0 Å². The lowest BCUT2D eigenvalue weighted by Crippen LogP contribution is -2.21. The average Bonchev–Trinajstić information content (AvgIpc) is 2.33. The second kappa shape index (κ2) is 2.67. The lowest BCUT2D eigenvalue weighted by molar-refractivity contribution is -0.138. The minimum Gasteiger partial charge on any atom is -0.480 e. The van der Waals surface area contributed by atoms with E-state index in [1.807, 2.05) is 0 Å². The third-order valence-corrected chi connectivity index (χ3v) is 1.25. The van der Waals surface area contributed by atoms with Crippen molar-refractivity contribution in [3.05, 3.63) is 11.4 Å². The summed E-state index contributed by atoms with van der Waals surface area (Å²) in [6.07, 6.45) is 0. The van der Waals surface area contributed by atoms with Crippen molar-refractivity contribution in [2.45, 2.75) is 13.0 Å². The van der Waals surface area contributed by atoms with Gasteiger partial charge in [0.15, 0.2) is 6.04 Å². The van der Waals surface area contributed by atoms with Crippen LogP contribution in [0.1, 0.15) is 17.4 Å². The fourth-order valence-electron chi connectivity index (χ4n) is 0.637. The van der Waals surface area contributed by atoms with Crippen LogP contribution in [0.15, 0.2) is 4.63 Å². The maximum atomic E-state index is 10.3. The topological polar surface area (TPSA) is 102 Å². The van der Waals surface area contributed by atoms with Crippen LogP contribution < -0.4 is 5.73 Å². The van der Waals surface area contributed by atoms with Crippen LogP contribution in [-0.2, 0) is 4.79 Å². The van der Waals surface area contributed by atoms with E-state index in [1.165, 1.54) is 0 Å². The maximum absolute atomic E-state index is 10.3. The first-order valence-corrected chi connectivity index (χ1v) is 2.90. The highest BCUT2D eigenvalue weighted by Crippen LogP contribution is 2.09. The number of carboxylic acids is 1. The number of carbonyl (C=O) groups is 1. The molecule has 1 atom stereocenters. The SMILES string of the molecule is Cc1nonc1C(N)C(=O)O. The van der Waals surface area contributed by atoms with E-state index in [0.29, 0.717) is 5.69 Å². The van der Waals surface area contributed by atoms with Gasteiger partial charge in [0, 0.05) is 0 Å². The molecule has 6 nitrogen and oxygen atoms in total. The van der Waals surface area contributed by atoms with Crippen LogP contribution in [0.3, 0.4) is 0 Å². The van der Waals surface area contributed by atoms with Gasteiger partial charge < -0.3 is 10.8 Å². The summed E-state index contributed by atoms with van der Waals surface area (Å²) in [7, 11) is 0. The Morgan fingerprint density at radius 2 is 2.36 bits per heavy atom. The monoisotopic (exact) mass is 157 g/mol. The van der Waals surface area contributed by atoms with Gasteiger partial charge in [-0.05, 0) is 6.92 Å². The molecule has 0 bridgehead atoms. The van der Waals surface area contributed by atoms with Crippen molar-refractivity contribution in [1.82, 2.24) is 10.3 Å². The number of hydrogen-bond acceptors (Lipinski definition) is 5. The number of nitrogens with zero attached hydrogens (tertiary/aromatic N) is 2. The molecule has 3 N–H and O–H groups in total. The van der Waals surface area contributed by atoms with Crippen LogP contribution in [0.2, 0.25) is 0 Å². The van der Waals surface area contributed by atoms with Crippen LogP contribution >= 0.6 is 0 Å². The highest BCUT2D eigenvalue weighted by atomic mass is 16.6. The van der Waals surface area contributed by atoms with Crippen molar-refractivity contribution in [3.8, 4) is 0 Å². The van der Waals surface area contributed by atoms with Gasteiger partial charge in [0.1, 0.15) is 11.4 Å². The number of rotatable bonds is 2. The number of nitrogens with two attached hydrogens (primary N) is 1. The second-order valence-electron chi connectivity index (χ2n) is 2.05. The summed E-state index contributed by atoms with van der Waals surface area (Å²) in [5.41, 5.74) is 5.79. The molecule has 1 heterocycles. The van der Waals surface area contributed by atoms with E-state index < -0.39 is 12.0 Å². The fraction of sp³-hybridized carbons (Fsp3) is 0.400. The normalized spacial score (nSPS) is 12.9. The summed E-state index contributed by atoms with van der Waals surface area (Å²) in [6.45, 7) is 1.58. The van der Waals surface area contributed by atoms with E-state index in [-0.39, 0.29) is 5.69 Å². The Balaban J connectivity index is 2.92. The summed E-state index contributed by atoms with van der Waals surface area (Å²) in [5, 5.41) is 15.2. The van der Waals surface area contributed by atoms with Gasteiger partial charge in [-0.2, -0.15) is 0 Å². The van der Waals surface area contributed by atoms with Gasteiger partial charge in [-0.15, -0.1) is 0 Å². The Bertz CT molecular complexity index is 270. The quantitative estimate of drug-likeness (QED) is 0.597. The minimum atomic E-state index is -1.15. The molecule has 60 valence electrons. The van der Waals surface area contributed by atoms with Crippen molar-refractivity contribution in [2.75, 3.05) is 0 Å². The smallest absolute Gasteiger partial charge is 0.326 e. The molecule has 11 heavy (non-hydrogen) atoms. The summed E-state index contributed by atoms with van der Waals surface area (Å²) >= 11 is 0. The van der Waals surface area contributed by atoms with Crippen molar-refractivity contribution >= 4 is 5.97 Å². The molecule has 1 rings (SSSR count). The van der Waals surface area contributed by atoms with E-state index in [9.17, 15) is 4.79 Å². The first kappa shape index (κ1) is 7.67. The molecule has 0 aliphatic heterocycles. The van der Waals surface area contributed by atoms with Gasteiger partial charge in [-0.3, -0.25) is 4.79 Å². The fourth-order valence-corrected chi connectivity index (χ4v) is 0.637. The predicted molar refractivity (Wildman–Crippen MR) is 33.6 cm³/mol. The third kappa shape index (κ3) is 1.35. The van der Waals surface area contributed by atoms with Gasteiger partial charge >= 0.3 is 5.97 Å². The van der Waals surface area contributed by atoms with E-state index in [0.717, 1.165) is 0 Å². The molecule has 0 aliphatic carbocycles. The Kier molecular flexibility index (Phi) is 1.86. The van der Waals surface area contributed by atoms with Crippen LogP contribution in [-0.4, -0.2) is 21.4 Å². The van der Waals surface area contributed by atoms with E-state index in [2.05, 4.69) is 14.9 Å². The summed E-state index contributed by atoms with van der Waals surface area (Å²) < 4.78 is 4.27. The van der Waals surface area contributed by atoms with Crippen molar-refractivity contribution < 1.29 is 14.5 Å². The third-order valence-electron chi connectivity index (χ3n) is 1.25. The number of aliphatic carboxylic acids is 1. The second-order valence-corrected chi connectivity index (χ2v) is 2.05. The molecule has 1 aromatic rings. The number of carboxylic acid groups (broad SMARTS) is 1. The van der Waals surface area contributed by atoms with E-state index >= 15 is 0 Å². The summed E-state index contributed by atoms with van der Waals surface area (Å²) in [5.74, 6) is -1.15. The first-order valence-electron chi connectivity index (χ1n) is 2.90. The molecule has 0 aromatic carbocycles. The van der Waals surface area contributed by atoms with Crippen LogP contribution in [0, 0.1) is 6.92 Å². The lowest BCUT2D eigenvalue weighted by Gasteiger charge is -1.99. The Morgan fingerprint density at radius 3 is 2.73 bits per heavy atom. The van der Waals surface area contributed by atoms with Crippen molar-refractivity contribution in [3.63, 3.8) is 0 Å². The van der Waals surface area contributed by atoms with Crippen molar-refractivity contribution in [1.29, 1.82) is 0 Å². The highest BCUT2D eigenvalue weighted by Gasteiger charge is 2.20. The molecule has 0 amide bonds. The summed E-state index contributed by atoms with van der Waals surface area (Å²) in [4.78, 5) is 10.3. The Hall–Kier alpha value is -1.43. The molecule has 0 fully saturated rings. The van der Waals surface area contributed by atoms with E-state index in [4.69, 9.17) is 10.8 Å². The van der Waals surface area contributed by atoms with Gasteiger partial charge in [0.25, 0.3) is 0 Å². The van der Waals surface area contributed by atoms with Gasteiger partial charge in [0.2, 0.25) is 0 Å². The molecule has 1 unspecified atom stereocenters. The van der Waals surface area contributed by atoms with Gasteiger partial charge in [0.05, 0.1) is 0 Å². The molecular formula is C5H7N3O3. The largest absolute Gasteiger partial charge is 0.480 e. The predicted octanol–water partition coefficient (Wildman–Crippen LogP) is -0.538. The molecule has 0 saturated heterocycles. The lowest BCUT2D eigenvalue weighted by atomic mass is 10.2. The number of aromatic nitrogens is 2. The molecule has 0 aliphatic rings. The molecule has 0 spiro atoms. The molecule has 0 radical (unpaired) electrons. The summed E-state index contributed by atoms with van der Waals surface area (Å²) in [6, 6.07) is -1.15. The Labute approximate surface area is 62.0 Å². The zero-order valence-electron chi connectivity index (χ0n) is 5.81. The molecular weight excluding hydrogens is 150 g/mol. The van der Waals surface area contributed by atoms with Gasteiger partial charge in [-0.1, -0.05) is 10.3 Å². The number of hydrogen-bond donors (Lipinski definition) is 2. The Morgan fingerprint density at radius 1 is 1.73 bits per heavy atom. The highest BCUT2D eigenvalue weighted by molar-refractivity contribution is 5.74. The van der Waals surface area contributed by atoms with E-state index in [1.54, 1.807) is 6.92 Å². The van der Waals surface area contributed by atoms with Crippen LogP contribution in [0.5, 0.6) is 0 Å². The zero-order valence-corrected chi connectivity index (χ0v) is 5.81. The standard InChI is InChI=1S/C5H7N3O3/c1-2-4(8-11-7-2)3(6)5(9)10/h3H,6H2,1H3,(H,9,10). The van der Waals surface area contributed by atoms with Gasteiger partial charge in [-0.25, -0.2) is 4.63 Å². The van der Waals surface area contributed by atoms with Crippen LogP contribution in [0.25, 0.3) is 0 Å². The molecule has 1 aromatic heterocycles. The molecule has 6 heteroatoms. The van der Waals surface area contributed by atoms with Crippen molar-refractivity contribution in [2.24, 2.45) is 5.73 Å². The average molecular weight is 157 g/mol. The number of aryl methyl sites for hydroxylation is 1. The minimum absolute atomic E-state index is 0.164.